The van der Waals surface area contributed by atoms with Crippen molar-refractivity contribution >= 4 is 11.8 Å². The summed E-state index contributed by atoms with van der Waals surface area (Å²) < 4.78 is 42.1. The van der Waals surface area contributed by atoms with E-state index in [2.05, 4.69) is 14.7 Å². The number of benzene rings is 1. The first-order valence-electron chi connectivity index (χ1n) is 9.94. The topological polar surface area (TPSA) is 88.8 Å². The van der Waals surface area contributed by atoms with Gasteiger partial charge in [0.25, 0.3) is 5.91 Å². The number of hydroxylamine groups is 2. The molecule has 0 bridgehead atoms. The van der Waals surface area contributed by atoms with Crippen LogP contribution in [0.3, 0.4) is 0 Å². The molecule has 1 saturated heterocycles. The number of alkyl halides is 3. The Bertz CT molecular complexity index is 956. The molecule has 31 heavy (non-hydrogen) atoms. The van der Waals surface area contributed by atoms with Crippen LogP contribution in [0.25, 0.3) is 11.4 Å². The second-order valence-corrected chi connectivity index (χ2v) is 7.64. The fraction of sp³-hybridized carbons (Fsp3) is 0.500. The van der Waals surface area contributed by atoms with Crippen molar-refractivity contribution < 1.29 is 32.1 Å². The van der Waals surface area contributed by atoms with Crippen LogP contribution in [-0.2, 0) is 27.1 Å². The molecule has 2 fully saturated rings. The van der Waals surface area contributed by atoms with Crippen molar-refractivity contribution in [3.05, 3.63) is 35.7 Å². The van der Waals surface area contributed by atoms with Gasteiger partial charge in [-0.2, -0.15) is 18.2 Å². The molecule has 2 heterocycles. The third-order valence-corrected chi connectivity index (χ3v) is 5.42. The summed E-state index contributed by atoms with van der Waals surface area (Å²) in [4.78, 5) is 35.7. The zero-order valence-corrected chi connectivity index (χ0v) is 16.8. The standard InChI is InChI=1S/C20H21F3N4O4/c1-30-27(18(29)15-3-2-10-26(15)17(28)14-8-9-14)11-12-4-6-13(7-5-12)16-24-19(31-25-16)20(21,22)23/h4-7,14-15H,2-3,8-11H2,1H3. The summed E-state index contributed by atoms with van der Waals surface area (Å²) in [6.07, 6.45) is -1.59. The first kappa shape index (κ1) is 21.3. The Kier molecular flexibility index (Phi) is 5.69. The number of carbonyl (C=O) groups is 2. The van der Waals surface area contributed by atoms with Gasteiger partial charge in [0.05, 0.1) is 13.7 Å². The summed E-state index contributed by atoms with van der Waals surface area (Å²) in [5.41, 5.74) is 1.03. The van der Waals surface area contributed by atoms with Crippen LogP contribution in [0.2, 0.25) is 0 Å². The number of hydrogen-bond acceptors (Lipinski definition) is 6. The molecule has 1 saturated carbocycles. The summed E-state index contributed by atoms with van der Waals surface area (Å²) in [6, 6.07) is 5.82. The number of rotatable bonds is 6. The summed E-state index contributed by atoms with van der Waals surface area (Å²) in [5, 5.41) is 4.55. The van der Waals surface area contributed by atoms with Gasteiger partial charge in [-0.05, 0) is 31.2 Å². The van der Waals surface area contributed by atoms with Crippen LogP contribution in [0.1, 0.15) is 37.1 Å². The average molecular weight is 438 g/mol. The van der Waals surface area contributed by atoms with Crippen molar-refractivity contribution in [1.82, 2.24) is 20.1 Å². The maximum atomic E-state index is 13.0. The first-order valence-corrected chi connectivity index (χ1v) is 9.94. The Morgan fingerprint density at radius 1 is 1.23 bits per heavy atom. The number of aromatic nitrogens is 2. The third kappa shape index (κ3) is 4.55. The Hall–Kier alpha value is -2.95. The maximum Gasteiger partial charge on any atom is 0.471 e. The lowest BCUT2D eigenvalue weighted by Crippen LogP contribution is -2.47. The Morgan fingerprint density at radius 2 is 1.94 bits per heavy atom. The van der Waals surface area contributed by atoms with Crippen molar-refractivity contribution in [1.29, 1.82) is 0 Å². The van der Waals surface area contributed by atoms with E-state index in [4.69, 9.17) is 4.84 Å². The van der Waals surface area contributed by atoms with Crippen LogP contribution in [0.15, 0.2) is 28.8 Å². The SMILES string of the molecule is CON(Cc1ccc(-c2noc(C(F)(F)F)n2)cc1)C(=O)C1CCCN1C(=O)C1CC1. The van der Waals surface area contributed by atoms with Gasteiger partial charge < -0.3 is 9.42 Å². The molecule has 4 rings (SSSR count). The van der Waals surface area contributed by atoms with Gasteiger partial charge in [0, 0.05) is 18.0 Å². The molecule has 0 radical (unpaired) electrons. The Morgan fingerprint density at radius 3 is 2.52 bits per heavy atom. The van der Waals surface area contributed by atoms with E-state index in [1.54, 1.807) is 17.0 Å². The van der Waals surface area contributed by atoms with Gasteiger partial charge in [-0.25, -0.2) is 5.06 Å². The van der Waals surface area contributed by atoms with Gasteiger partial charge in [0.15, 0.2) is 0 Å². The zero-order chi connectivity index (χ0) is 22.2. The molecule has 2 aromatic rings. The molecule has 1 aromatic carbocycles. The van der Waals surface area contributed by atoms with E-state index < -0.39 is 18.1 Å². The number of likely N-dealkylation sites (tertiary alicyclic amines) is 1. The molecule has 1 unspecified atom stereocenters. The minimum atomic E-state index is -4.71. The van der Waals surface area contributed by atoms with E-state index in [-0.39, 0.29) is 30.1 Å². The highest BCUT2D eigenvalue weighted by Gasteiger charge is 2.42. The van der Waals surface area contributed by atoms with Gasteiger partial charge in [-0.1, -0.05) is 29.4 Å². The normalized spacial score (nSPS) is 19.0. The molecule has 1 atom stereocenters. The lowest BCUT2D eigenvalue weighted by molar-refractivity contribution is -0.185. The second kappa shape index (κ2) is 8.29. The molecule has 1 aliphatic carbocycles. The number of nitrogens with zero attached hydrogens (tertiary/aromatic N) is 4. The minimum Gasteiger partial charge on any atom is -0.330 e. The fourth-order valence-corrected chi connectivity index (χ4v) is 3.63. The van der Waals surface area contributed by atoms with Gasteiger partial charge in [-0.3, -0.25) is 14.4 Å². The van der Waals surface area contributed by atoms with Crippen LogP contribution in [0.4, 0.5) is 13.2 Å². The first-order chi connectivity index (χ1) is 14.8. The van der Waals surface area contributed by atoms with E-state index in [1.807, 2.05) is 0 Å². The smallest absolute Gasteiger partial charge is 0.330 e. The van der Waals surface area contributed by atoms with Gasteiger partial charge >= 0.3 is 12.1 Å². The van der Waals surface area contributed by atoms with E-state index >= 15 is 0 Å². The van der Waals surface area contributed by atoms with Crippen molar-refractivity contribution in [2.45, 2.75) is 44.4 Å². The maximum absolute atomic E-state index is 13.0. The molecular weight excluding hydrogens is 417 g/mol. The lowest BCUT2D eigenvalue weighted by Gasteiger charge is -2.29. The molecule has 1 aliphatic heterocycles. The lowest BCUT2D eigenvalue weighted by atomic mass is 10.1. The van der Waals surface area contributed by atoms with Crippen molar-refractivity contribution in [3.8, 4) is 11.4 Å². The monoisotopic (exact) mass is 438 g/mol. The quantitative estimate of drug-likeness (QED) is 0.645. The largest absolute Gasteiger partial charge is 0.471 e. The van der Waals surface area contributed by atoms with Crippen molar-refractivity contribution in [3.63, 3.8) is 0 Å². The van der Waals surface area contributed by atoms with Crippen LogP contribution < -0.4 is 0 Å². The molecule has 2 amide bonds. The fourth-order valence-electron chi connectivity index (χ4n) is 3.63. The number of amides is 2. The van der Waals surface area contributed by atoms with Crippen molar-refractivity contribution in [2.24, 2.45) is 5.92 Å². The van der Waals surface area contributed by atoms with E-state index in [0.717, 1.165) is 19.3 Å². The molecular formula is C20H21F3N4O4. The Balaban J connectivity index is 1.43. The van der Waals surface area contributed by atoms with Crippen molar-refractivity contribution in [2.75, 3.05) is 13.7 Å². The average Bonchev–Trinajstić information content (AvgIpc) is 3.26. The predicted octanol–water partition coefficient (Wildman–Crippen LogP) is 3.05. The summed E-state index contributed by atoms with van der Waals surface area (Å²) in [6.45, 7) is 0.695. The molecule has 0 N–H and O–H groups in total. The number of carbonyl (C=O) groups excluding carboxylic acids is 2. The summed E-state index contributed by atoms with van der Waals surface area (Å²) in [5.74, 6) is -1.80. The Labute approximate surface area is 175 Å². The molecule has 11 heteroatoms. The van der Waals surface area contributed by atoms with Crippen LogP contribution in [-0.4, -0.2) is 51.6 Å². The number of halogens is 3. The molecule has 0 spiro atoms. The van der Waals surface area contributed by atoms with Gasteiger partial charge in [0.1, 0.15) is 6.04 Å². The van der Waals surface area contributed by atoms with E-state index in [1.165, 1.54) is 24.3 Å². The summed E-state index contributed by atoms with van der Waals surface area (Å²) in [7, 11) is 1.38. The second-order valence-electron chi connectivity index (χ2n) is 7.64. The summed E-state index contributed by atoms with van der Waals surface area (Å²) >= 11 is 0. The van der Waals surface area contributed by atoms with Crippen LogP contribution in [0, 0.1) is 5.92 Å². The highest BCUT2D eigenvalue weighted by molar-refractivity contribution is 5.89. The van der Waals surface area contributed by atoms with E-state index in [0.29, 0.717) is 24.1 Å². The van der Waals surface area contributed by atoms with Crippen LogP contribution in [0.5, 0.6) is 0 Å². The number of hydrogen-bond donors (Lipinski definition) is 0. The predicted molar refractivity (Wildman–Crippen MR) is 99.8 cm³/mol. The molecule has 166 valence electrons. The van der Waals surface area contributed by atoms with Gasteiger partial charge in [0.2, 0.25) is 11.7 Å². The highest BCUT2D eigenvalue weighted by atomic mass is 19.4. The van der Waals surface area contributed by atoms with E-state index in [9.17, 15) is 22.8 Å². The third-order valence-electron chi connectivity index (χ3n) is 5.42. The van der Waals surface area contributed by atoms with Crippen LogP contribution >= 0.6 is 0 Å². The molecule has 2 aliphatic rings. The molecule has 8 nitrogen and oxygen atoms in total. The minimum absolute atomic E-state index is 0.0367. The highest BCUT2D eigenvalue weighted by Crippen LogP contribution is 2.34. The molecule has 1 aromatic heterocycles. The van der Waals surface area contributed by atoms with Gasteiger partial charge in [-0.15, -0.1) is 0 Å². The zero-order valence-electron chi connectivity index (χ0n) is 16.8.